The fourth-order valence-corrected chi connectivity index (χ4v) is 2.70. The van der Waals surface area contributed by atoms with Crippen LogP contribution in [0, 0.1) is 0 Å². The van der Waals surface area contributed by atoms with Crippen molar-refractivity contribution >= 4 is 36.5 Å². The maximum Gasteiger partial charge on any atom is 0.253 e. The molecule has 0 saturated carbocycles. The number of rotatable bonds is 3. The van der Waals surface area contributed by atoms with Gasteiger partial charge in [-0.05, 0) is 37.9 Å². The second-order valence-electron chi connectivity index (χ2n) is 5.26. The van der Waals surface area contributed by atoms with Crippen molar-refractivity contribution in [3.05, 3.63) is 23.9 Å². The normalized spacial score (nSPS) is 20.6. The van der Waals surface area contributed by atoms with E-state index in [4.69, 9.17) is 0 Å². The van der Waals surface area contributed by atoms with Crippen molar-refractivity contribution in [1.29, 1.82) is 0 Å². The van der Waals surface area contributed by atoms with E-state index < -0.39 is 0 Å². The zero-order chi connectivity index (χ0) is 13.1. The average molecular weight is 333 g/mol. The van der Waals surface area contributed by atoms with Gasteiger partial charge in [0.15, 0.2) is 0 Å². The van der Waals surface area contributed by atoms with Gasteiger partial charge in [-0.2, -0.15) is 0 Å². The van der Waals surface area contributed by atoms with Gasteiger partial charge in [-0.1, -0.05) is 0 Å². The number of hydrogen-bond acceptors (Lipinski definition) is 4. The molecule has 0 radical (unpaired) electrons. The summed E-state index contributed by atoms with van der Waals surface area (Å²) in [5.41, 5.74) is 0.648. The number of aromatic nitrogens is 1. The number of nitrogens with one attached hydrogen (secondary N) is 2. The Morgan fingerprint density at radius 2 is 2.05 bits per heavy atom. The Bertz CT molecular complexity index is 443. The molecule has 2 fully saturated rings. The molecule has 2 saturated heterocycles. The highest BCUT2D eigenvalue weighted by Gasteiger charge is 2.18. The molecule has 7 heteroatoms. The molecule has 1 amide bonds. The second kappa shape index (κ2) is 8.41. The summed E-state index contributed by atoms with van der Waals surface area (Å²) in [6.07, 6.45) is 5.16. The Balaban J connectivity index is 0.00000110. The molecule has 1 atom stereocenters. The first-order valence-electron chi connectivity index (χ1n) is 7.05. The molecule has 1 aromatic rings. The molecule has 2 N–H and O–H groups in total. The van der Waals surface area contributed by atoms with Gasteiger partial charge in [-0.3, -0.25) is 4.79 Å². The number of pyridine rings is 1. The smallest absolute Gasteiger partial charge is 0.253 e. The highest BCUT2D eigenvalue weighted by atomic mass is 35.5. The Kier molecular flexibility index (Phi) is 7.22. The van der Waals surface area contributed by atoms with E-state index in [-0.39, 0.29) is 36.8 Å². The minimum absolute atomic E-state index is 0. The predicted molar refractivity (Wildman–Crippen MR) is 88.9 cm³/mol. The molecule has 2 aliphatic rings. The lowest BCUT2D eigenvalue weighted by Gasteiger charge is -2.16. The monoisotopic (exact) mass is 332 g/mol. The van der Waals surface area contributed by atoms with E-state index in [0.717, 1.165) is 38.4 Å². The van der Waals surface area contributed by atoms with Crippen LogP contribution < -0.4 is 15.5 Å². The van der Waals surface area contributed by atoms with Crippen molar-refractivity contribution in [3.63, 3.8) is 0 Å². The van der Waals surface area contributed by atoms with Gasteiger partial charge in [0, 0.05) is 31.9 Å². The number of halogens is 2. The zero-order valence-electron chi connectivity index (χ0n) is 11.9. The van der Waals surface area contributed by atoms with Crippen LogP contribution in [0.5, 0.6) is 0 Å². The summed E-state index contributed by atoms with van der Waals surface area (Å²) in [4.78, 5) is 18.7. The molecule has 118 valence electrons. The van der Waals surface area contributed by atoms with Gasteiger partial charge in [0.1, 0.15) is 5.82 Å². The third-order valence-corrected chi connectivity index (χ3v) is 3.84. The molecule has 1 unspecified atom stereocenters. The maximum atomic E-state index is 12.0. The Morgan fingerprint density at radius 1 is 1.29 bits per heavy atom. The van der Waals surface area contributed by atoms with Crippen LogP contribution in [-0.2, 0) is 0 Å². The maximum absolute atomic E-state index is 12.0. The zero-order valence-corrected chi connectivity index (χ0v) is 13.5. The lowest BCUT2D eigenvalue weighted by molar-refractivity contribution is 0.0939. The minimum atomic E-state index is -0.0193. The van der Waals surface area contributed by atoms with E-state index in [1.807, 2.05) is 12.1 Å². The van der Waals surface area contributed by atoms with Crippen LogP contribution in [0.4, 0.5) is 5.82 Å². The number of carbonyl (C=O) groups excluding carboxylic acids is 1. The molecule has 1 aromatic heterocycles. The van der Waals surface area contributed by atoms with E-state index >= 15 is 0 Å². The first-order valence-corrected chi connectivity index (χ1v) is 7.05. The summed E-state index contributed by atoms with van der Waals surface area (Å²) < 4.78 is 0. The van der Waals surface area contributed by atoms with Crippen molar-refractivity contribution < 1.29 is 4.79 Å². The summed E-state index contributed by atoms with van der Waals surface area (Å²) in [5, 5.41) is 6.27. The van der Waals surface area contributed by atoms with Crippen LogP contribution in [0.2, 0.25) is 0 Å². The van der Waals surface area contributed by atoms with Crippen LogP contribution in [0.15, 0.2) is 18.3 Å². The molecule has 3 heterocycles. The first-order chi connectivity index (χ1) is 9.33. The quantitative estimate of drug-likeness (QED) is 0.883. The molecule has 0 aliphatic carbocycles. The van der Waals surface area contributed by atoms with Crippen LogP contribution in [0.3, 0.4) is 0 Å². The van der Waals surface area contributed by atoms with Crippen molar-refractivity contribution in [3.8, 4) is 0 Å². The second-order valence-corrected chi connectivity index (χ2v) is 5.26. The molecule has 5 nitrogen and oxygen atoms in total. The largest absolute Gasteiger partial charge is 0.357 e. The highest BCUT2D eigenvalue weighted by molar-refractivity contribution is 5.94. The molecular formula is C14H22Cl2N4O. The number of hydrogen-bond donors (Lipinski definition) is 2. The van der Waals surface area contributed by atoms with Crippen molar-refractivity contribution in [2.24, 2.45) is 0 Å². The topological polar surface area (TPSA) is 57.3 Å². The van der Waals surface area contributed by atoms with Crippen molar-refractivity contribution in [2.75, 3.05) is 31.1 Å². The SMILES string of the molecule is Cl.Cl.O=C(NC1CCNC1)c1ccc(N2CCCC2)nc1. The number of nitrogens with zero attached hydrogens (tertiary/aromatic N) is 2. The van der Waals surface area contributed by atoms with E-state index in [0.29, 0.717) is 5.56 Å². The number of anilines is 1. The molecule has 2 aliphatic heterocycles. The first kappa shape index (κ1) is 18.0. The molecule has 0 bridgehead atoms. The average Bonchev–Trinajstić information content (AvgIpc) is 3.12. The highest BCUT2D eigenvalue weighted by Crippen LogP contribution is 2.17. The molecule has 0 spiro atoms. The molecule has 21 heavy (non-hydrogen) atoms. The minimum Gasteiger partial charge on any atom is -0.357 e. The lowest BCUT2D eigenvalue weighted by atomic mass is 10.2. The van der Waals surface area contributed by atoms with E-state index in [2.05, 4.69) is 20.5 Å². The number of carbonyl (C=O) groups is 1. The predicted octanol–water partition coefficient (Wildman–Crippen LogP) is 1.62. The van der Waals surface area contributed by atoms with Crippen LogP contribution in [0.25, 0.3) is 0 Å². The van der Waals surface area contributed by atoms with Gasteiger partial charge in [0.25, 0.3) is 5.91 Å². The third kappa shape index (κ3) is 4.46. The van der Waals surface area contributed by atoms with E-state index in [1.165, 1.54) is 12.8 Å². The Hall–Kier alpha value is -1.04. The van der Waals surface area contributed by atoms with Gasteiger partial charge >= 0.3 is 0 Å². The fourth-order valence-electron chi connectivity index (χ4n) is 2.70. The van der Waals surface area contributed by atoms with Gasteiger partial charge in [0.2, 0.25) is 0 Å². The summed E-state index contributed by atoms with van der Waals surface area (Å²) in [6, 6.07) is 4.08. The van der Waals surface area contributed by atoms with Crippen LogP contribution in [-0.4, -0.2) is 43.1 Å². The molecular weight excluding hydrogens is 311 g/mol. The summed E-state index contributed by atoms with van der Waals surface area (Å²) in [7, 11) is 0. The van der Waals surface area contributed by atoms with Gasteiger partial charge in [-0.15, -0.1) is 24.8 Å². The van der Waals surface area contributed by atoms with Crippen molar-refractivity contribution in [2.45, 2.75) is 25.3 Å². The van der Waals surface area contributed by atoms with Crippen molar-refractivity contribution in [1.82, 2.24) is 15.6 Å². The summed E-state index contributed by atoms with van der Waals surface area (Å²) in [6.45, 7) is 4.00. The number of amides is 1. The van der Waals surface area contributed by atoms with Crippen LogP contribution in [0.1, 0.15) is 29.6 Å². The third-order valence-electron chi connectivity index (χ3n) is 3.84. The lowest BCUT2D eigenvalue weighted by Crippen LogP contribution is -2.36. The Labute approximate surface area is 137 Å². The van der Waals surface area contributed by atoms with E-state index in [1.54, 1.807) is 6.20 Å². The van der Waals surface area contributed by atoms with E-state index in [9.17, 15) is 4.79 Å². The van der Waals surface area contributed by atoms with Gasteiger partial charge < -0.3 is 15.5 Å². The molecule has 3 rings (SSSR count). The molecule has 0 aromatic carbocycles. The summed E-state index contributed by atoms with van der Waals surface area (Å²) >= 11 is 0. The van der Waals surface area contributed by atoms with Gasteiger partial charge in [-0.25, -0.2) is 4.98 Å². The fraction of sp³-hybridized carbons (Fsp3) is 0.571. The van der Waals surface area contributed by atoms with Gasteiger partial charge in [0.05, 0.1) is 5.56 Å². The summed E-state index contributed by atoms with van der Waals surface area (Å²) in [5.74, 6) is 0.964. The standard InChI is InChI=1S/C14H20N4O.2ClH/c19-14(17-12-5-6-15-10-12)11-3-4-13(16-9-11)18-7-1-2-8-18;;/h3-4,9,12,15H,1-2,5-8,10H2,(H,17,19);2*1H. The van der Waals surface area contributed by atoms with Crippen LogP contribution >= 0.6 is 24.8 Å². The Morgan fingerprint density at radius 3 is 2.62 bits per heavy atom.